The zero-order valence-electron chi connectivity index (χ0n) is 10.8. The van der Waals surface area contributed by atoms with Crippen molar-refractivity contribution in [3.63, 3.8) is 0 Å². The van der Waals surface area contributed by atoms with Crippen LogP contribution in [0.4, 0.5) is 5.69 Å². The quantitative estimate of drug-likeness (QED) is 0.767. The Balaban J connectivity index is 2.23. The third kappa shape index (κ3) is 3.92. The van der Waals surface area contributed by atoms with Crippen LogP contribution in [-0.4, -0.2) is 11.7 Å². The smallest absolute Gasteiger partial charge is 0.256 e. The van der Waals surface area contributed by atoms with Crippen LogP contribution in [0.3, 0.4) is 0 Å². The molecule has 2 aromatic carbocycles. The molecule has 1 amide bonds. The van der Waals surface area contributed by atoms with Crippen LogP contribution in [0.15, 0.2) is 47.4 Å². The standard InChI is InChI=1S/C15H13Cl2NOS/c1-2-20-14-6-4-3-5-13(14)15(19)18-12-8-10(16)7-11(17)9-12/h3-9H,2H2,1H3,(H,18,19). The number of benzene rings is 2. The number of thioether (sulfide) groups is 1. The van der Waals surface area contributed by atoms with Gasteiger partial charge in [-0.1, -0.05) is 42.3 Å². The molecule has 0 aromatic heterocycles. The normalized spacial score (nSPS) is 10.3. The van der Waals surface area contributed by atoms with Gasteiger partial charge in [-0.05, 0) is 36.1 Å². The van der Waals surface area contributed by atoms with Crippen LogP contribution in [0.5, 0.6) is 0 Å². The van der Waals surface area contributed by atoms with Crippen molar-refractivity contribution in [2.24, 2.45) is 0 Å². The molecule has 104 valence electrons. The average Bonchev–Trinajstić information content (AvgIpc) is 2.38. The summed E-state index contributed by atoms with van der Waals surface area (Å²) >= 11 is 13.5. The summed E-state index contributed by atoms with van der Waals surface area (Å²) in [6, 6.07) is 12.5. The number of carbonyl (C=O) groups is 1. The maximum atomic E-state index is 12.3. The first-order valence-electron chi connectivity index (χ1n) is 6.09. The summed E-state index contributed by atoms with van der Waals surface area (Å²) in [5.41, 5.74) is 1.24. The van der Waals surface area contributed by atoms with Crippen LogP contribution in [0, 0.1) is 0 Å². The molecule has 2 rings (SSSR count). The molecule has 0 aliphatic rings. The molecule has 0 aliphatic carbocycles. The number of carbonyl (C=O) groups excluding carboxylic acids is 1. The molecule has 5 heteroatoms. The Kier molecular flexibility index (Phi) is 5.35. The van der Waals surface area contributed by atoms with E-state index in [4.69, 9.17) is 23.2 Å². The lowest BCUT2D eigenvalue weighted by Crippen LogP contribution is -2.13. The van der Waals surface area contributed by atoms with E-state index >= 15 is 0 Å². The lowest BCUT2D eigenvalue weighted by molar-refractivity contribution is 0.102. The van der Waals surface area contributed by atoms with E-state index in [2.05, 4.69) is 12.2 Å². The maximum absolute atomic E-state index is 12.3. The van der Waals surface area contributed by atoms with Crippen molar-refractivity contribution in [2.45, 2.75) is 11.8 Å². The molecule has 0 unspecified atom stereocenters. The molecular weight excluding hydrogens is 313 g/mol. The second-order valence-corrected chi connectivity index (χ2v) is 6.22. The Morgan fingerprint density at radius 1 is 1.15 bits per heavy atom. The summed E-state index contributed by atoms with van der Waals surface area (Å²) in [7, 11) is 0. The minimum absolute atomic E-state index is 0.167. The molecular formula is C15H13Cl2NOS. The summed E-state index contributed by atoms with van der Waals surface area (Å²) in [5.74, 6) is 0.743. The molecule has 1 N–H and O–H groups in total. The third-order valence-corrected chi connectivity index (χ3v) is 3.94. The van der Waals surface area contributed by atoms with Crippen molar-refractivity contribution in [3.05, 3.63) is 58.1 Å². The van der Waals surface area contributed by atoms with Crippen LogP contribution in [-0.2, 0) is 0 Å². The van der Waals surface area contributed by atoms with Crippen LogP contribution in [0.1, 0.15) is 17.3 Å². The van der Waals surface area contributed by atoms with Gasteiger partial charge in [0.05, 0.1) is 5.56 Å². The number of nitrogens with one attached hydrogen (secondary N) is 1. The lowest BCUT2D eigenvalue weighted by atomic mass is 10.2. The van der Waals surface area contributed by atoms with Crippen molar-refractivity contribution in [3.8, 4) is 0 Å². The molecule has 0 heterocycles. The van der Waals surface area contributed by atoms with Gasteiger partial charge in [0.2, 0.25) is 0 Å². The van der Waals surface area contributed by atoms with E-state index < -0.39 is 0 Å². The summed E-state index contributed by atoms with van der Waals surface area (Å²) in [6.45, 7) is 2.05. The molecule has 20 heavy (non-hydrogen) atoms. The minimum atomic E-state index is -0.167. The first kappa shape index (κ1) is 15.2. The van der Waals surface area contributed by atoms with E-state index in [0.29, 0.717) is 21.3 Å². The molecule has 2 nitrogen and oxygen atoms in total. The number of halogens is 2. The summed E-state index contributed by atoms with van der Waals surface area (Å²) in [5, 5.41) is 3.80. The van der Waals surface area contributed by atoms with Crippen molar-refractivity contribution in [1.29, 1.82) is 0 Å². The summed E-state index contributed by atoms with van der Waals surface area (Å²) in [4.78, 5) is 13.3. The molecule has 2 aromatic rings. The highest BCUT2D eigenvalue weighted by Crippen LogP contribution is 2.25. The second kappa shape index (κ2) is 7.02. The van der Waals surface area contributed by atoms with Crippen molar-refractivity contribution < 1.29 is 4.79 Å². The van der Waals surface area contributed by atoms with Gasteiger partial charge in [-0.15, -0.1) is 11.8 Å². The van der Waals surface area contributed by atoms with Gasteiger partial charge in [-0.2, -0.15) is 0 Å². The SMILES string of the molecule is CCSc1ccccc1C(=O)Nc1cc(Cl)cc(Cl)c1. The molecule has 0 spiro atoms. The fraction of sp³-hybridized carbons (Fsp3) is 0.133. The molecule has 0 bridgehead atoms. The monoisotopic (exact) mass is 325 g/mol. The highest BCUT2D eigenvalue weighted by atomic mass is 35.5. The second-order valence-electron chi connectivity index (χ2n) is 4.04. The highest BCUT2D eigenvalue weighted by Gasteiger charge is 2.11. The molecule has 0 radical (unpaired) electrons. The lowest BCUT2D eigenvalue weighted by Gasteiger charge is -2.09. The average molecular weight is 326 g/mol. The Labute approximate surface area is 132 Å². The Morgan fingerprint density at radius 3 is 2.45 bits per heavy atom. The van der Waals surface area contributed by atoms with E-state index in [1.807, 2.05) is 18.2 Å². The summed E-state index contributed by atoms with van der Waals surface area (Å²) < 4.78 is 0. The van der Waals surface area contributed by atoms with E-state index in [9.17, 15) is 4.79 Å². The van der Waals surface area contributed by atoms with Gasteiger partial charge in [0.1, 0.15) is 0 Å². The summed E-state index contributed by atoms with van der Waals surface area (Å²) in [6.07, 6.45) is 0. The van der Waals surface area contributed by atoms with Gasteiger partial charge in [0, 0.05) is 20.6 Å². The highest BCUT2D eigenvalue weighted by molar-refractivity contribution is 7.99. The van der Waals surface area contributed by atoms with E-state index in [1.165, 1.54) is 0 Å². The van der Waals surface area contributed by atoms with E-state index in [1.54, 1.807) is 36.0 Å². The maximum Gasteiger partial charge on any atom is 0.256 e. The van der Waals surface area contributed by atoms with Crippen molar-refractivity contribution >= 4 is 46.6 Å². The van der Waals surface area contributed by atoms with Gasteiger partial charge in [-0.25, -0.2) is 0 Å². The topological polar surface area (TPSA) is 29.1 Å². The van der Waals surface area contributed by atoms with E-state index in [0.717, 1.165) is 10.6 Å². The van der Waals surface area contributed by atoms with Gasteiger partial charge in [0.25, 0.3) is 5.91 Å². The Morgan fingerprint density at radius 2 is 1.80 bits per heavy atom. The molecule has 0 fully saturated rings. The number of amides is 1. The Hall–Kier alpha value is -1.16. The zero-order valence-corrected chi connectivity index (χ0v) is 13.1. The predicted molar refractivity (Wildman–Crippen MR) is 87.3 cm³/mol. The van der Waals surface area contributed by atoms with E-state index in [-0.39, 0.29) is 5.91 Å². The Bertz CT molecular complexity index is 611. The molecule has 0 saturated heterocycles. The van der Waals surface area contributed by atoms with Gasteiger partial charge in [0.15, 0.2) is 0 Å². The third-order valence-electron chi connectivity index (χ3n) is 2.55. The van der Waals surface area contributed by atoms with Gasteiger partial charge in [-0.3, -0.25) is 4.79 Å². The van der Waals surface area contributed by atoms with Gasteiger partial charge >= 0.3 is 0 Å². The predicted octanol–water partition coefficient (Wildman–Crippen LogP) is 5.36. The first-order valence-corrected chi connectivity index (χ1v) is 7.83. The molecule has 0 atom stereocenters. The van der Waals surface area contributed by atoms with Crippen molar-refractivity contribution in [2.75, 3.05) is 11.1 Å². The number of anilines is 1. The van der Waals surface area contributed by atoms with Crippen LogP contribution in [0.25, 0.3) is 0 Å². The van der Waals surface area contributed by atoms with Gasteiger partial charge < -0.3 is 5.32 Å². The largest absolute Gasteiger partial charge is 0.322 e. The fourth-order valence-corrected chi connectivity index (χ4v) is 3.09. The number of hydrogen-bond donors (Lipinski definition) is 1. The first-order chi connectivity index (χ1) is 9.60. The number of hydrogen-bond acceptors (Lipinski definition) is 2. The fourth-order valence-electron chi connectivity index (χ4n) is 1.76. The van der Waals surface area contributed by atoms with Crippen LogP contribution >= 0.6 is 35.0 Å². The van der Waals surface area contributed by atoms with Crippen LogP contribution < -0.4 is 5.32 Å². The van der Waals surface area contributed by atoms with Crippen molar-refractivity contribution in [1.82, 2.24) is 0 Å². The van der Waals surface area contributed by atoms with Crippen LogP contribution in [0.2, 0.25) is 10.0 Å². The number of rotatable bonds is 4. The molecule has 0 saturated carbocycles. The minimum Gasteiger partial charge on any atom is -0.322 e. The molecule has 0 aliphatic heterocycles. The zero-order chi connectivity index (χ0) is 14.5.